The first-order chi connectivity index (χ1) is 8.29. The van der Waals surface area contributed by atoms with Crippen molar-refractivity contribution in [1.82, 2.24) is 4.98 Å². The highest BCUT2D eigenvalue weighted by molar-refractivity contribution is 7.07. The van der Waals surface area contributed by atoms with Gasteiger partial charge in [0.15, 0.2) is 0 Å². The van der Waals surface area contributed by atoms with Gasteiger partial charge in [-0.25, -0.2) is 4.98 Å². The summed E-state index contributed by atoms with van der Waals surface area (Å²) in [5, 5.41) is 1.99. The molecule has 0 saturated carbocycles. The van der Waals surface area contributed by atoms with Gasteiger partial charge in [0.25, 0.3) is 0 Å². The zero-order valence-corrected chi connectivity index (χ0v) is 10.6. The molecule has 90 valence electrons. The van der Waals surface area contributed by atoms with Gasteiger partial charge in [-0.3, -0.25) is 0 Å². The zero-order chi connectivity index (χ0) is 12.1. The molecule has 2 rings (SSSR count). The van der Waals surface area contributed by atoms with Gasteiger partial charge in [-0.05, 0) is 24.1 Å². The molecule has 0 radical (unpaired) electrons. The smallest absolute Gasteiger partial charge is 0.131 e. The Balaban J connectivity index is 1.94. The predicted molar refractivity (Wildman–Crippen MR) is 70.1 cm³/mol. The number of hydrogen-bond donors (Lipinski definition) is 1. The number of hydrogen-bond acceptors (Lipinski definition) is 4. The van der Waals surface area contributed by atoms with E-state index in [1.54, 1.807) is 11.3 Å². The Labute approximate surface area is 105 Å². The van der Waals surface area contributed by atoms with Crippen molar-refractivity contribution in [2.75, 3.05) is 0 Å². The highest BCUT2D eigenvalue weighted by Crippen LogP contribution is 2.19. The monoisotopic (exact) mass is 248 g/mol. The summed E-state index contributed by atoms with van der Waals surface area (Å²) in [5.74, 6) is 0.852. The number of benzene rings is 1. The van der Waals surface area contributed by atoms with E-state index in [2.05, 4.69) is 11.9 Å². The molecule has 0 unspecified atom stereocenters. The Kier molecular flexibility index (Phi) is 4.12. The average molecular weight is 248 g/mol. The summed E-state index contributed by atoms with van der Waals surface area (Å²) >= 11 is 1.58. The summed E-state index contributed by atoms with van der Waals surface area (Å²) in [5.41, 5.74) is 9.86. The molecule has 0 spiro atoms. The summed E-state index contributed by atoms with van der Waals surface area (Å²) in [6, 6.07) is 8.06. The van der Waals surface area contributed by atoms with Crippen LogP contribution in [0.1, 0.15) is 30.6 Å². The maximum absolute atomic E-state index is 5.95. The fourth-order valence-corrected chi connectivity index (χ4v) is 2.06. The van der Waals surface area contributed by atoms with Gasteiger partial charge in [-0.15, -0.1) is 11.3 Å². The second kappa shape index (κ2) is 5.80. The van der Waals surface area contributed by atoms with Crippen LogP contribution in [-0.2, 0) is 6.61 Å². The average Bonchev–Trinajstić information content (AvgIpc) is 2.89. The van der Waals surface area contributed by atoms with Gasteiger partial charge in [0.1, 0.15) is 12.4 Å². The fraction of sp³-hybridized carbons (Fsp3) is 0.308. The van der Waals surface area contributed by atoms with E-state index in [0.717, 1.165) is 23.4 Å². The number of aromatic nitrogens is 1. The van der Waals surface area contributed by atoms with Crippen molar-refractivity contribution in [3.8, 4) is 5.75 Å². The van der Waals surface area contributed by atoms with Crippen LogP contribution in [0.3, 0.4) is 0 Å². The standard InChI is InChI=1S/C13H16N2OS/c1-2-13(14)10-3-5-12(6-4-10)16-7-11-8-17-9-15-11/h3-6,8-9,13H,2,7,14H2,1H3/t13-/m1/s1. The van der Waals surface area contributed by atoms with Gasteiger partial charge in [0.05, 0.1) is 11.2 Å². The summed E-state index contributed by atoms with van der Waals surface area (Å²) < 4.78 is 5.62. The highest BCUT2D eigenvalue weighted by Gasteiger charge is 2.03. The van der Waals surface area contributed by atoms with Gasteiger partial charge in [-0.2, -0.15) is 0 Å². The third-order valence-electron chi connectivity index (χ3n) is 2.62. The maximum Gasteiger partial charge on any atom is 0.131 e. The van der Waals surface area contributed by atoms with Crippen molar-refractivity contribution in [1.29, 1.82) is 0 Å². The second-order valence-corrected chi connectivity index (χ2v) is 4.57. The van der Waals surface area contributed by atoms with Crippen LogP contribution in [-0.4, -0.2) is 4.98 Å². The van der Waals surface area contributed by atoms with Crippen molar-refractivity contribution in [3.63, 3.8) is 0 Å². The summed E-state index contributed by atoms with van der Waals surface area (Å²) in [6.45, 7) is 2.60. The molecule has 1 aromatic heterocycles. The Bertz CT molecular complexity index is 439. The van der Waals surface area contributed by atoms with Gasteiger partial charge >= 0.3 is 0 Å². The number of rotatable bonds is 5. The zero-order valence-electron chi connectivity index (χ0n) is 9.80. The third-order valence-corrected chi connectivity index (χ3v) is 3.25. The van der Waals surface area contributed by atoms with E-state index in [0.29, 0.717) is 6.61 Å². The van der Waals surface area contributed by atoms with Crippen LogP contribution in [0, 0.1) is 0 Å². The minimum absolute atomic E-state index is 0.114. The Morgan fingerprint density at radius 3 is 2.71 bits per heavy atom. The molecule has 0 saturated heterocycles. The lowest BCUT2D eigenvalue weighted by molar-refractivity contribution is 0.302. The van der Waals surface area contributed by atoms with Crippen LogP contribution in [0.5, 0.6) is 5.75 Å². The first-order valence-electron chi connectivity index (χ1n) is 5.65. The largest absolute Gasteiger partial charge is 0.487 e. The lowest BCUT2D eigenvalue weighted by Crippen LogP contribution is -2.08. The van der Waals surface area contributed by atoms with E-state index in [-0.39, 0.29) is 6.04 Å². The van der Waals surface area contributed by atoms with Gasteiger partial charge < -0.3 is 10.5 Å². The van der Waals surface area contributed by atoms with Crippen molar-refractivity contribution in [3.05, 3.63) is 46.4 Å². The molecule has 0 amide bonds. The van der Waals surface area contributed by atoms with Crippen molar-refractivity contribution in [2.45, 2.75) is 26.0 Å². The van der Waals surface area contributed by atoms with E-state index in [9.17, 15) is 0 Å². The molecule has 0 bridgehead atoms. The van der Waals surface area contributed by atoms with Crippen LogP contribution < -0.4 is 10.5 Å². The highest BCUT2D eigenvalue weighted by atomic mass is 32.1. The molecule has 0 aliphatic carbocycles. The van der Waals surface area contributed by atoms with Crippen LogP contribution in [0.15, 0.2) is 35.2 Å². The van der Waals surface area contributed by atoms with Gasteiger partial charge in [-0.1, -0.05) is 19.1 Å². The summed E-state index contributed by atoms with van der Waals surface area (Å²) in [4.78, 5) is 4.16. The first kappa shape index (κ1) is 12.1. The van der Waals surface area contributed by atoms with E-state index >= 15 is 0 Å². The Morgan fingerprint density at radius 1 is 1.35 bits per heavy atom. The van der Waals surface area contributed by atoms with Crippen LogP contribution in [0.4, 0.5) is 0 Å². The molecule has 2 aromatic rings. The summed E-state index contributed by atoms with van der Waals surface area (Å²) in [7, 11) is 0. The normalized spacial score (nSPS) is 12.4. The molecule has 4 heteroatoms. The molecule has 0 aliphatic heterocycles. The minimum atomic E-state index is 0.114. The molecule has 0 fully saturated rings. The second-order valence-electron chi connectivity index (χ2n) is 3.85. The van der Waals surface area contributed by atoms with Crippen LogP contribution in [0.2, 0.25) is 0 Å². The Hall–Kier alpha value is -1.39. The molecule has 1 aromatic carbocycles. The van der Waals surface area contributed by atoms with Gasteiger partial charge in [0, 0.05) is 11.4 Å². The molecule has 3 nitrogen and oxygen atoms in total. The van der Waals surface area contributed by atoms with E-state index in [1.807, 2.05) is 35.2 Å². The molecule has 1 heterocycles. The maximum atomic E-state index is 5.95. The van der Waals surface area contributed by atoms with Crippen molar-refractivity contribution in [2.24, 2.45) is 5.73 Å². The number of nitrogens with zero attached hydrogens (tertiary/aromatic N) is 1. The summed E-state index contributed by atoms with van der Waals surface area (Å²) in [6.07, 6.45) is 0.943. The molecule has 17 heavy (non-hydrogen) atoms. The first-order valence-corrected chi connectivity index (χ1v) is 6.59. The topological polar surface area (TPSA) is 48.1 Å². The molecular weight excluding hydrogens is 232 g/mol. The number of nitrogens with two attached hydrogens (primary N) is 1. The van der Waals surface area contributed by atoms with E-state index in [1.165, 1.54) is 0 Å². The Morgan fingerprint density at radius 2 is 2.12 bits per heavy atom. The molecule has 2 N–H and O–H groups in total. The third kappa shape index (κ3) is 3.28. The van der Waals surface area contributed by atoms with E-state index < -0.39 is 0 Å². The minimum Gasteiger partial charge on any atom is -0.487 e. The lowest BCUT2D eigenvalue weighted by atomic mass is 10.1. The van der Waals surface area contributed by atoms with Crippen molar-refractivity contribution < 1.29 is 4.74 Å². The van der Waals surface area contributed by atoms with Crippen molar-refractivity contribution >= 4 is 11.3 Å². The number of ether oxygens (including phenoxy) is 1. The predicted octanol–water partition coefficient (Wildman–Crippen LogP) is 3.13. The quantitative estimate of drug-likeness (QED) is 0.884. The van der Waals surface area contributed by atoms with Gasteiger partial charge in [0.2, 0.25) is 0 Å². The number of thiazole rings is 1. The van der Waals surface area contributed by atoms with Crippen LogP contribution >= 0.6 is 11.3 Å². The fourth-order valence-electron chi connectivity index (χ4n) is 1.51. The van der Waals surface area contributed by atoms with Crippen LogP contribution in [0.25, 0.3) is 0 Å². The molecule has 0 aliphatic rings. The lowest BCUT2D eigenvalue weighted by Gasteiger charge is -2.10. The molecule has 1 atom stereocenters. The van der Waals surface area contributed by atoms with E-state index in [4.69, 9.17) is 10.5 Å². The SMILES string of the molecule is CC[C@@H](N)c1ccc(OCc2cscn2)cc1. The molecular formula is C13H16N2OS.